The summed E-state index contributed by atoms with van der Waals surface area (Å²) in [4.78, 5) is 25.7. The molecule has 0 spiro atoms. The van der Waals surface area contributed by atoms with Crippen LogP contribution in [0.15, 0.2) is 30.3 Å². The van der Waals surface area contributed by atoms with Crippen molar-refractivity contribution >= 4 is 11.7 Å². The molecule has 1 aromatic rings. The van der Waals surface area contributed by atoms with Gasteiger partial charge in [0.25, 0.3) is 0 Å². The van der Waals surface area contributed by atoms with E-state index < -0.39 is 5.41 Å². The number of rotatable bonds is 2. The Bertz CT molecular complexity index is 451. The number of piperidine rings is 1. The maximum Gasteiger partial charge on any atom is 0.227 e. The van der Waals surface area contributed by atoms with Crippen molar-refractivity contribution in [1.29, 1.82) is 0 Å². The molecule has 3 heteroatoms. The van der Waals surface area contributed by atoms with Crippen LogP contribution in [0.2, 0.25) is 0 Å². The van der Waals surface area contributed by atoms with Crippen molar-refractivity contribution in [3.8, 4) is 0 Å². The Morgan fingerprint density at radius 2 is 1.94 bits per heavy atom. The van der Waals surface area contributed by atoms with Gasteiger partial charge in [0.15, 0.2) is 0 Å². The zero-order chi connectivity index (χ0) is 13.2. The molecule has 0 unspecified atom stereocenters. The van der Waals surface area contributed by atoms with E-state index in [1.54, 1.807) is 0 Å². The lowest BCUT2D eigenvalue weighted by Gasteiger charge is -2.36. The van der Waals surface area contributed by atoms with Gasteiger partial charge in [0.2, 0.25) is 5.91 Å². The molecule has 0 aliphatic carbocycles. The van der Waals surface area contributed by atoms with Gasteiger partial charge in [0.1, 0.15) is 5.78 Å². The molecule has 0 aromatic heterocycles. The first-order valence-electron chi connectivity index (χ1n) is 6.34. The first-order valence-corrected chi connectivity index (χ1v) is 6.34. The minimum Gasteiger partial charge on any atom is -0.341 e. The first-order chi connectivity index (χ1) is 8.49. The molecule has 0 atom stereocenters. The first kappa shape index (κ1) is 12.8. The molecule has 0 N–H and O–H groups in total. The summed E-state index contributed by atoms with van der Waals surface area (Å²) in [6.07, 6.45) is 0.901. The number of ketones is 1. The largest absolute Gasteiger partial charge is 0.341 e. The predicted molar refractivity (Wildman–Crippen MR) is 70.1 cm³/mol. The summed E-state index contributed by atoms with van der Waals surface area (Å²) >= 11 is 0. The van der Waals surface area contributed by atoms with Gasteiger partial charge >= 0.3 is 0 Å². The molecule has 96 valence electrons. The van der Waals surface area contributed by atoms with Crippen LogP contribution in [-0.2, 0) is 16.0 Å². The third-order valence-electron chi connectivity index (χ3n) is 3.50. The lowest BCUT2D eigenvalue weighted by molar-refractivity contribution is -0.140. The fourth-order valence-corrected chi connectivity index (χ4v) is 2.31. The fraction of sp³-hybridized carbons (Fsp3) is 0.467. The van der Waals surface area contributed by atoms with Crippen LogP contribution >= 0.6 is 0 Å². The Kier molecular flexibility index (Phi) is 3.50. The highest BCUT2D eigenvalue weighted by atomic mass is 16.2. The standard InChI is InChI=1S/C15H19NO2/c1-15(2)11-16(9-8-13(15)17)14(18)10-12-6-4-3-5-7-12/h3-7H,8-11H2,1-2H3. The van der Waals surface area contributed by atoms with E-state index >= 15 is 0 Å². The summed E-state index contributed by atoms with van der Waals surface area (Å²) in [6.45, 7) is 4.93. The Labute approximate surface area is 108 Å². The van der Waals surface area contributed by atoms with E-state index in [2.05, 4.69) is 0 Å². The summed E-state index contributed by atoms with van der Waals surface area (Å²) in [5.74, 6) is 0.369. The molecule has 1 aromatic carbocycles. The molecule has 1 fully saturated rings. The SMILES string of the molecule is CC1(C)CN(C(=O)Cc2ccccc2)CCC1=O. The summed E-state index contributed by atoms with van der Waals surface area (Å²) < 4.78 is 0. The Morgan fingerprint density at radius 3 is 2.56 bits per heavy atom. The van der Waals surface area contributed by atoms with Crippen molar-refractivity contribution in [2.45, 2.75) is 26.7 Å². The fourth-order valence-electron chi connectivity index (χ4n) is 2.31. The Balaban J connectivity index is 2.00. The van der Waals surface area contributed by atoms with Crippen LogP contribution in [0.25, 0.3) is 0 Å². The average molecular weight is 245 g/mol. The third-order valence-corrected chi connectivity index (χ3v) is 3.50. The van der Waals surface area contributed by atoms with Gasteiger partial charge in [-0.15, -0.1) is 0 Å². The Morgan fingerprint density at radius 1 is 1.28 bits per heavy atom. The molecule has 1 heterocycles. The summed E-state index contributed by atoms with van der Waals surface area (Å²) in [5.41, 5.74) is 0.627. The molecule has 1 saturated heterocycles. The highest BCUT2D eigenvalue weighted by Crippen LogP contribution is 2.25. The number of carbonyl (C=O) groups excluding carboxylic acids is 2. The van der Waals surface area contributed by atoms with E-state index in [0.29, 0.717) is 25.9 Å². The number of hydrogen-bond acceptors (Lipinski definition) is 2. The van der Waals surface area contributed by atoms with Crippen LogP contribution in [0.5, 0.6) is 0 Å². The van der Waals surface area contributed by atoms with Crippen LogP contribution in [-0.4, -0.2) is 29.7 Å². The maximum absolute atomic E-state index is 12.2. The lowest BCUT2D eigenvalue weighted by Crippen LogP contribution is -2.49. The van der Waals surface area contributed by atoms with Crippen molar-refractivity contribution < 1.29 is 9.59 Å². The van der Waals surface area contributed by atoms with E-state index in [9.17, 15) is 9.59 Å². The van der Waals surface area contributed by atoms with Gasteiger partial charge in [-0.3, -0.25) is 9.59 Å². The number of nitrogens with zero attached hydrogens (tertiary/aromatic N) is 1. The summed E-state index contributed by atoms with van der Waals surface area (Å²) in [6, 6.07) is 9.73. The van der Waals surface area contributed by atoms with Crippen molar-refractivity contribution in [2.24, 2.45) is 5.41 Å². The van der Waals surface area contributed by atoms with Gasteiger partial charge in [-0.25, -0.2) is 0 Å². The van der Waals surface area contributed by atoms with E-state index in [4.69, 9.17) is 0 Å². The molecular formula is C15H19NO2. The topological polar surface area (TPSA) is 37.4 Å². The number of benzene rings is 1. The summed E-state index contributed by atoms with van der Waals surface area (Å²) in [5, 5.41) is 0. The van der Waals surface area contributed by atoms with Crippen molar-refractivity contribution in [1.82, 2.24) is 4.90 Å². The molecule has 0 saturated carbocycles. The van der Waals surface area contributed by atoms with Crippen molar-refractivity contribution in [3.63, 3.8) is 0 Å². The molecule has 1 aliphatic rings. The molecule has 0 radical (unpaired) electrons. The molecule has 0 bridgehead atoms. The number of carbonyl (C=O) groups is 2. The van der Waals surface area contributed by atoms with Crippen LogP contribution in [0.4, 0.5) is 0 Å². The minimum absolute atomic E-state index is 0.113. The number of likely N-dealkylation sites (tertiary alicyclic amines) is 1. The van der Waals surface area contributed by atoms with E-state index in [-0.39, 0.29) is 11.7 Å². The predicted octanol–water partition coefficient (Wildman–Crippen LogP) is 2.06. The van der Waals surface area contributed by atoms with Gasteiger partial charge in [-0.05, 0) is 5.56 Å². The summed E-state index contributed by atoms with van der Waals surface area (Å²) in [7, 11) is 0. The van der Waals surface area contributed by atoms with Gasteiger partial charge in [0.05, 0.1) is 6.42 Å². The third kappa shape index (κ3) is 2.78. The van der Waals surface area contributed by atoms with Crippen LogP contribution in [0.1, 0.15) is 25.8 Å². The number of hydrogen-bond donors (Lipinski definition) is 0. The zero-order valence-corrected chi connectivity index (χ0v) is 11.0. The van der Waals surface area contributed by atoms with Crippen LogP contribution in [0, 0.1) is 5.41 Å². The highest BCUT2D eigenvalue weighted by molar-refractivity contribution is 5.88. The normalized spacial score (nSPS) is 18.8. The minimum atomic E-state index is -0.398. The van der Waals surface area contributed by atoms with Crippen LogP contribution in [0.3, 0.4) is 0 Å². The maximum atomic E-state index is 12.2. The monoisotopic (exact) mass is 245 g/mol. The van der Waals surface area contributed by atoms with E-state index in [1.165, 1.54) is 0 Å². The van der Waals surface area contributed by atoms with E-state index in [0.717, 1.165) is 5.56 Å². The average Bonchev–Trinajstić information content (AvgIpc) is 2.34. The molecule has 3 nitrogen and oxygen atoms in total. The van der Waals surface area contributed by atoms with Crippen molar-refractivity contribution in [3.05, 3.63) is 35.9 Å². The molecule has 1 aliphatic heterocycles. The van der Waals surface area contributed by atoms with Crippen molar-refractivity contribution in [2.75, 3.05) is 13.1 Å². The second-order valence-electron chi connectivity index (χ2n) is 5.53. The second kappa shape index (κ2) is 4.92. The smallest absolute Gasteiger partial charge is 0.227 e. The molecule has 18 heavy (non-hydrogen) atoms. The second-order valence-corrected chi connectivity index (χ2v) is 5.53. The van der Waals surface area contributed by atoms with Gasteiger partial charge in [0, 0.05) is 24.9 Å². The van der Waals surface area contributed by atoms with E-state index in [1.807, 2.05) is 49.1 Å². The quantitative estimate of drug-likeness (QED) is 0.799. The van der Waals surface area contributed by atoms with Crippen LogP contribution < -0.4 is 0 Å². The lowest BCUT2D eigenvalue weighted by atomic mass is 9.82. The number of Topliss-reactive ketones (excluding diaryl/α,β-unsaturated/α-hetero) is 1. The molecular weight excluding hydrogens is 226 g/mol. The Hall–Kier alpha value is -1.64. The zero-order valence-electron chi connectivity index (χ0n) is 11.0. The molecule has 1 amide bonds. The number of amides is 1. The van der Waals surface area contributed by atoms with Gasteiger partial charge in [-0.2, -0.15) is 0 Å². The highest BCUT2D eigenvalue weighted by Gasteiger charge is 2.35. The van der Waals surface area contributed by atoms with Gasteiger partial charge < -0.3 is 4.90 Å². The van der Waals surface area contributed by atoms with Gasteiger partial charge in [-0.1, -0.05) is 44.2 Å². The molecule has 2 rings (SSSR count).